The van der Waals surface area contributed by atoms with Gasteiger partial charge >= 0.3 is 0 Å². The Balaban J connectivity index is 1.05. The van der Waals surface area contributed by atoms with Gasteiger partial charge in [-0.25, -0.2) is 9.97 Å². The van der Waals surface area contributed by atoms with Crippen molar-refractivity contribution in [1.29, 1.82) is 0 Å². The van der Waals surface area contributed by atoms with E-state index in [0.717, 1.165) is 25.3 Å². The highest BCUT2D eigenvalue weighted by atomic mass is 16.5. The quantitative estimate of drug-likeness (QED) is 0.337. The van der Waals surface area contributed by atoms with Gasteiger partial charge in [0.05, 0.1) is 18.3 Å². The third-order valence-corrected chi connectivity index (χ3v) is 7.01. The normalized spacial score (nSPS) is 16.2. The van der Waals surface area contributed by atoms with Crippen LogP contribution in [0.1, 0.15) is 40.6 Å². The number of aliphatic hydroxyl groups excluding tert-OH is 1. The van der Waals surface area contributed by atoms with Crippen molar-refractivity contribution >= 4 is 17.6 Å². The molecule has 2 amide bonds. The molecule has 1 aromatic carbocycles. The number of fused-ring (bicyclic) bond motifs is 1. The first-order valence-corrected chi connectivity index (χ1v) is 13.3. The topological polar surface area (TPSA) is 133 Å². The molecular weight excluding hydrogens is 500 g/mol. The Bertz CT molecular complexity index is 1280. The van der Waals surface area contributed by atoms with Gasteiger partial charge in [-0.05, 0) is 41.8 Å². The SMILES string of the molecule is CCC(=O)N1CC(Nc2cc(C(=O)NC[C@H](O)CN3CCc4cc(OCc5cnco5)ccc4C3)ccn2)C1. The Kier molecular flexibility index (Phi) is 8.38. The zero-order chi connectivity index (χ0) is 27.2. The number of benzene rings is 1. The van der Waals surface area contributed by atoms with E-state index in [4.69, 9.17) is 9.15 Å². The molecule has 11 nitrogen and oxygen atoms in total. The van der Waals surface area contributed by atoms with Gasteiger partial charge in [0, 0.05) is 57.4 Å². The number of nitrogens with one attached hydrogen (secondary N) is 2. The van der Waals surface area contributed by atoms with Crippen molar-refractivity contribution in [2.45, 2.75) is 45.1 Å². The second-order valence-corrected chi connectivity index (χ2v) is 9.96. The molecule has 1 fully saturated rings. The van der Waals surface area contributed by atoms with E-state index in [9.17, 15) is 14.7 Å². The molecule has 206 valence electrons. The molecule has 0 radical (unpaired) electrons. The number of ether oxygens (including phenoxy) is 1. The Labute approximate surface area is 227 Å². The molecular formula is C28H34N6O5. The van der Waals surface area contributed by atoms with Gasteiger partial charge in [-0.3, -0.25) is 14.5 Å². The summed E-state index contributed by atoms with van der Waals surface area (Å²) in [5.41, 5.74) is 2.90. The highest BCUT2D eigenvalue weighted by Gasteiger charge is 2.29. The number of hydrogen-bond donors (Lipinski definition) is 3. The number of anilines is 1. The number of oxazole rings is 1. The summed E-state index contributed by atoms with van der Waals surface area (Å²) in [5.74, 6) is 1.93. The zero-order valence-electron chi connectivity index (χ0n) is 22.0. The minimum Gasteiger partial charge on any atom is -0.486 e. The number of carbonyl (C=O) groups excluding carboxylic acids is 2. The summed E-state index contributed by atoms with van der Waals surface area (Å²) in [6, 6.07) is 9.52. The van der Waals surface area contributed by atoms with Gasteiger partial charge in [0.15, 0.2) is 12.2 Å². The summed E-state index contributed by atoms with van der Waals surface area (Å²) in [7, 11) is 0. The standard InChI is InChI=1S/C28H34N6O5/c1-2-27(36)34-14-22(15-34)32-26-10-20(5-7-30-26)28(37)31-11-23(35)16-33-8-6-19-9-24(4-3-21(19)13-33)38-17-25-12-29-18-39-25/h3-5,7,9-10,12,18,22-23,35H,2,6,8,11,13-17H2,1H3,(H,30,32)(H,31,37)/t23-/m0/s1. The number of amides is 2. The number of aromatic nitrogens is 2. The molecule has 11 heteroatoms. The van der Waals surface area contributed by atoms with E-state index >= 15 is 0 Å². The maximum Gasteiger partial charge on any atom is 0.251 e. The van der Waals surface area contributed by atoms with Gasteiger partial charge in [0.25, 0.3) is 5.91 Å². The summed E-state index contributed by atoms with van der Waals surface area (Å²) in [5, 5.41) is 16.7. The predicted molar refractivity (Wildman–Crippen MR) is 143 cm³/mol. The van der Waals surface area contributed by atoms with Gasteiger partial charge in [-0.2, -0.15) is 0 Å². The van der Waals surface area contributed by atoms with Crippen molar-refractivity contribution in [2.24, 2.45) is 0 Å². The van der Waals surface area contributed by atoms with Gasteiger partial charge < -0.3 is 29.8 Å². The average Bonchev–Trinajstić information content (AvgIpc) is 3.46. The first kappa shape index (κ1) is 26.6. The molecule has 0 saturated carbocycles. The van der Waals surface area contributed by atoms with Gasteiger partial charge in [-0.15, -0.1) is 0 Å². The smallest absolute Gasteiger partial charge is 0.251 e. The fourth-order valence-corrected chi connectivity index (χ4v) is 4.83. The van der Waals surface area contributed by atoms with E-state index in [2.05, 4.69) is 37.6 Å². The Morgan fingerprint density at radius 1 is 1.23 bits per heavy atom. The molecule has 5 rings (SSSR count). The molecule has 2 aromatic heterocycles. The van der Waals surface area contributed by atoms with Crippen LogP contribution in [0.3, 0.4) is 0 Å². The number of β-amino-alcohol motifs (C(OH)–C–C–N with tert-alkyl or cyclic N) is 1. The second-order valence-electron chi connectivity index (χ2n) is 9.96. The van der Waals surface area contributed by atoms with Crippen LogP contribution >= 0.6 is 0 Å². The second kappa shape index (κ2) is 12.3. The highest BCUT2D eigenvalue weighted by molar-refractivity contribution is 5.94. The van der Waals surface area contributed by atoms with Crippen molar-refractivity contribution in [1.82, 2.24) is 25.1 Å². The van der Waals surface area contributed by atoms with Crippen molar-refractivity contribution < 1.29 is 23.8 Å². The number of nitrogens with zero attached hydrogens (tertiary/aromatic N) is 4. The zero-order valence-corrected chi connectivity index (χ0v) is 22.0. The van der Waals surface area contributed by atoms with E-state index < -0.39 is 6.10 Å². The van der Waals surface area contributed by atoms with Crippen molar-refractivity contribution in [3.63, 3.8) is 0 Å². The molecule has 3 aromatic rings. The summed E-state index contributed by atoms with van der Waals surface area (Å²) < 4.78 is 11.0. The number of carbonyl (C=O) groups is 2. The molecule has 2 aliphatic rings. The molecule has 0 spiro atoms. The number of likely N-dealkylation sites (tertiary alicyclic amines) is 1. The lowest BCUT2D eigenvalue weighted by Gasteiger charge is -2.39. The van der Waals surface area contributed by atoms with Crippen LogP contribution in [0.4, 0.5) is 5.82 Å². The van der Waals surface area contributed by atoms with Gasteiger partial charge in [0.2, 0.25) is 5.91 Å². The van der Waals surface area contributed by atoms with Gasteiger partial charge in [0.1, 0.15) is 18.2 Å². The lowest BCUT2D eigenvalue weighted by atomic mass is 9.99. The molecule has 0 bridgehead atoms. The molecule has 1 atom stereocenters. The summed E-state index contributed by atoms with van der Waals surface area (Å²) in [6.07, 6.45) is 5.26. The third kappa shape index (κ3) is 6.92. The van der Waals surface area contributed by atoms with Crippen LogP contribution in [0, 0.1) is 0 Å². The first-order valence-electron chi connectivity index (χ1n) is 13.3. The van der Waals surface area contributed by atoms with Crippen LogP contribution < -0.4 is 15.4 Å². The Hall–Kier alpha value is -3.96. The van der Waals surface area contributed by atoms with Crippen molar-refractivity contribution in [3.05, 3.63) is 71.6 Å². The van der Waals surface area contributed by atoms with E-state index in [0.29, 0.717) is 49.8 Å². The number of aliphatic hydroxyl groups is 1. The Morgan fingerprint density at radius 2 is 2.10 bits per heavy atom. The Morgan fingerprint density at radius 3 is 2.90 bits per heavy atom. The number of hydrogen-bond acceptors (Lipinski definition) is 9. The van der Waals surface area contributed by atoms with Crippen LogP contribution in [0.2, 0.25) is 0 Å². The third-order valence-electron chi connectivity index (χ3n) is 7.01. The minimum absolute atomic E-state index is 0.126. The lowest BCUT2D eigenvalue weighted by molar-refractivity contribution is -0.134. The number of rotatable bonds is 11. The average molecular weight is 535 g/mol. The monoisotopic (exact) mass is 534 g/mol. The first-order chi connectivity index (χ1) is 19.0. The van der Waals surface area contributed by atoms with Crippen LogP contribution in [0.25, 0.3) is 0 Å². The highest BCUT2D eigenvalue weighted by Crippen LogP contribution is 2.24. The van der Waals surface area contributed by atoms with E-state index in [1.807, 2.05) is 13.0 Å². The fourth-order valence-electron chi connectivity index (χ4n) is 4.83. The van der Waals surface area contributed by atoms with Crippen LogP contribution in [0.5, 0.6) is 5.75 Å². The molecule has 3 N–H and O–H groups in total. The van der Waals surface area contributed by atoms with Crippen LogP contribution in [0.15, 0.2) is 53.5 Å². The summed E-state index contributed by atoms with van der Waals surface area (Å²) >= 11 is 0. The molecule has 4 heterocycles. The number of pyridine rings is 1. The molecule has 0 unspecified atom stereocenters. The van der Waals surface area contributed by atoms with E-state index in [1.165, 1.54) is 17.5 Å². The van der Waals surface area contributed by atoms with Crippen molar-refractivity contribution in [2.75, 3.05) is 38.0 Å². The summed E-state index contributed by atoms with van der Waals surface area (Å²) in [4.78, 5) is 36.6. The maximum absolute atomic E-state index is 12.7. The van der Waals surface area contributed by atoms with Crippen LogP contribution in [-0.2, 0) is 24.4 Å². The fraction of sp³-hybridized carbons (Fsp3) is 0.429. The lowest BCUT2D eigenvalue weighted by Crippen LogP contribution is -2.56. The maximum atomic E-state index is 12.7. The summed E-state index contributed by atoms with van der Waals surface area (Å²) in [6.45, 7) is 5.61. The van der Waals surface area contributed by atoms with Gasteiger partial charge in [-0.1, -0.05) is 13.0 Å². The van der Waals surface area contributed by atoms with Crippen LogP contribution in [-0.4, -0.2) is 81.6 Å². The van der Waals surface area contributed by atoms with E-state index in [-0.39, 0.29) is 24.4 Å². The predicted octanol–water partition coefficient (Wildman–Crippen LogP) is 1.83. The molecule has 0 aliphatic carbocycles. The largest absolute Gasteiger partial charge is 0.486 e. The minimum atomic E-state index is -0.698. The molecule has 2 aliphatic heterocycles. The van der Waals surface area contributed by atoms with Crippen molar-refractivity contribution in [3.8, 4) is 5.75 Å². The molecule has 39 heavy (non-hydrogen) atoms. The molecule has 1 saturated heterocycles. The van der Waals surface area contributed by atoms with E-state index in [1.54, 1.807) is 29.4 Å².